The molecule has 3 atom stereocenters. The predicted octanol–water partition coefficient (Wildman–Crippen LogP) is 4.11. The van der Waals surface area contributed by atoms with Crippen LogP contribution in [-0.2, 0) is 4.79 Å². The van der Waals surface area contributed by atoms with Crippen molar-refractivity contribution in [2.45, 2.75) is 84.1 Å². The molecule has 3 rings (SSSR count). The van der Waals surface area contributed by atoms with Crippen molar-refractivity contribution in [2.75, 3.05) is 18.4 Å². The van der Waals surface area contributed by atoms with Crippen LogP contribution >= 0.6 is 0 Å². The summed E-state index contributed by atoms with van der Waals surface area (Å²) in [5, 5.41) is 3.32. The van der Waals surface area contributed by atoms with Crippen LogP contribution in [0.4, 0.5) is 5.69 Å². The zero-order chi connectivity index (χ0) is 18.7. The van der Waals surface area contributed by atoms with Crippen molar-refractivity contribution < 1.29 is 9.69 Å². The van der Waals surface area contributed by atoms with Crippen LogP contribution in [0.3, 0.4) is 0 Å². The van der Waals surface area contributed by atoms with Gasteiger partial charge in [-0.25, -0.2) is 0 Å². The minimum absolute atomic E-state index is 0.196. The number of fused-ring (bicyclic) bond motifs is 1. The lowest BCUT2D eigenvalue weighted by Crippen LogP contribution is -3.18. The van der Waals surface area contributed by atoms with E-state index in [-0.39, 0.29) is 5.91 Å². The highest BCUT2D eigenvalue weighted by atomic mass is 16.2. The van der Waals surface area contributed by atoms with E-state index in [0.29, 0.717) is 24.4 Å². The number of anilines is 1. The Balaban J connectivity index is 1.73. The molecular formula is C23H37N2O+. The van der Waals surface area contributed by atoms with Gasteiger partial charge in [0, 0.05) is 11.6 Å². The van der Waals surface area contributed by atoms with Crippen molar-refractivity contribution in [3.63, 3.8) is 0 Å². The Bertz CT molecular complexity index is 594. The average molecular weight is 358 g/mol. The van der Waals surface area contributed by atoms with E-state index in [1.807, 2.05) is 0 Å². The Hall–Kier alpha value is -1.35. The van der Waals surface area contributed by atoms with Gasteiger partial charge >= 0.3 is 0 Å². The Morgan fingerprint density at radius 2 is 1.65 bits per heavy atom. The van der Waals surface area contributed by atoms with Gasteiger partial charge in [-0.2, -0.15) is 0 Å². The Kier molecular flexibility index (Phi) is 6.39. The van der Waals surface area contributed by atoms with Crippen molar-refractivity contribution in [3.05, 3.63) is 29.3 Å². The second-order valence-electron chi connectivity index (χ2n) is 9.05. The first-order chi connectivity index (χ1) is 12.5. The summed E-state index contributed by atoms with van der Waals surface area (Å²) in [6.45, 7) is 10.6. The van der Waals surface area contributed by atoms with Crippen molar-refractivity contribution in [1.29, 1.82) is 0 Å². The first-order valence-corrected chi connectivity index (χ1v) is 10.7. The maximum atomic E-state index is 13.0. The van der Waals surface area contributed by atoms with Gasteiger partial charge in [-0.3, -0.25) is 4.79 Å². The Labute approximate surface area is 159 Å². The number of likely N-dealkylation sites (tertiary alicyclic amines) is 1. The summed E-state index contributed by atoms with van der Waals surface area (Å²) >= 11 is 0. The van der Waals surface area contributed by atoms with Crippen LogP contribution < -0.4 is 10.2 Å². The maximum absolute atomic E-state index is 13.0. The van der Waals surface area contributed by atoms with Gasteiger partial charge in [0.2, 0.25) is 0 Å². The van der Waals surface area contributed by atoms with Gasteiger partial charge in [0.1, 0.15) is 0 Å². The molecule has 1 heterocycles. The predicted molar refractivity (Wildman–Crippen MR) is 109 cm³/mol. The topological polar surface area (TPSA) is 33.5 Å². The molecule has 0 radical (unpaired) electrons. The van der Waals surface area contributed by atoms with Crippen molar-refractivity contribution in [3.8, 4) is 0 Å². The molecule has 0 spiro atoms. The molecule has 3 nitrogen and oxygen atoms in total. The molecule has 2 N–H and O–H groups in total. The third-order valence-corrected chi connectivity index (χ3v) is 6.53. The van der Waals surface area contributed by atoms with Gasteiger partial charge in [-0.1, -0.05) is 52.3 Å². The number of amides is 1. The fourth-order valence-electron chi connectivity index (χ4n) is 5.17. The Morgan fingerprint density at radius 3 is 2.31 bits per heavy atom. The summed E-state index contributed by atoms with van der Waals surface area (Å²) < 4.78 is 0. The quantitative estimate of drug-likeness (QED) is 0.817. The van der Waals surface area contributed by atoms with Gasteiger partial charge in [0.25, 0.3) is 5.91 Å². The molecular weight excluding hydrogens is 320 g/mol. The number of benzene rings is 1. The van der Waals surface area contributed by atoms with Gasteiger partial charge in [-0.15, -0.1) is 0 Å². The van der Waals surface area contributed by atoms with Gasteiger partial charge in [-0.05, 0) is 55.1 Å². The molecule has 1 amide bonds. The van der Waals surface area contributed by atoms with E-state index < -0.39 is 0 Å². The average Bonchev–Trinajstić information content (AvgIpc) is 2.61. The fraction of sp³-hybridized carbons (Fsp3) is 0.696. The molecule has 1 saturated carbocycles. The number of quaternary nitrogens is 1. The Morgan fingerprint density at radius 1 is 1.04 bits per heavy atom. The molecule has 1 aliphatic carbocycles. The molecule has 2 fully saturated rings. The molecule has 0 bridgehead atoms. The van der Waals surface area contributed by atoms with Crippen LogP contribution in [0.15, 0.2) is 18.2 Å². The number of para-hydroxylation sites is 1. The number of carbonyl (C=O) groups excluding carboxylic acids is 1. The van der Waals surface area contributed by atoms with E-state index in [1.165, 1.54) is 54.6 Å². The summed E-state index contributed by atoms with van der Waals surface area (Å²) in [5.41, 5.74) is 3.58. The zero-order valence-corrected chi connectivity index (χ0v) is 17.1. The summed E-state index contributed by atoms with van der Waals surface area (Å²) in [4.78, 5) is 14.5. The maximum Gasteiger partial charge on any atom is 0.279 e. The first kappa shape index (κ1) is 19.4. The molecule has 1 aromatic carbocycles. The highest BCUT2D eigenvalue weighted by molar-refractivity contribution is 5.93. The molecule has 1 aromatic rings. The van der Waals surface area contributed by atoms with E-state index >= 15 is 0 Å². The number of piperidine rings is 1. The van der Waals surface area contributed by atoms with Crippen LogP contribution in [0.5, 0.6) is 0 Å². The second-order valence-corrected chi connectivity index (χ2v) is 9.05. The molecule has 2 aliphatic rings. The van der Waals surface area contributed by atoms with Crippen molar-refractivity contribution >= 4 is 11.6 Å². The molecule has 26 heavy (non-hydrogen) atoms. The number of hydrogen-bond acceptors (Lipinski definition) is 1. The number of nitrogens with one attached hydrogen (secondary N) is 2. The van der Waals surface area contributed by atoms with Gasteiger partial charge in [0.15, 0.2) is 6.54 Å². The molecule has 1 unspecified atom stereocenters. The van der Waals surface area contributed by atoms with Crippen molar-refractivity contribution in [1.82, 2.24) is 0 Å². The van der Waals surface area contributed by atoms with E-state index in [9.17, 15) is 4.79 Å². The highest BCUT2D eigenvalue weighted by Crippen LogP contribution is 2.32. The lowest BCUT2D eigenvalue weighted by molar-refractivity contribution is -0.928. The standard InChI is InChI=1S/C23H36N2O/c1-16(2)19-11-7-12-20(17(3)4)23(19)24-22(26)15-25-14-8-10-18-9-5-6-13-21(18)25/h7,11-12,16-18,21H,5-6,8-10,13-15H2,1-4H3,(H,24,26)/p+1/t18-,21-/m0/s1. The third kappa shape index (κ3) is 4.31. The second kappa shape index (κ2) is 8.56. The van der Waals surface area contributed by atoms with E-state index in [0.717, 1.165) is 18.2 Å². The molecule has 1 saturated heterocycles. The number of carbonyl (C=O) groups is 1. The molecule has 144 valence electrons. The van der Waals surface area contributed by atoms with Crippen LogP contribution in [0.2, 0.25) is 0 Å². The summed E-state index contributed by atoms with van der Waals surface area (Å²) in [5.74, 6) is 1.87. The summed E-state index contributed by atoms with van der Waals surface area (Å²) in [7, 11) is 0. The smallest absolute Gasteiger partial charge is 0.279 e. The third-order valence-electron chi connectivity index (χ3n) is 6.53. The van der Waals surface area contributed by atoms with E-state index in [2.05, 4.69) is 51.2 Å². The van der Waals surface area contributed by atoms with Gasteiger partial charge < -0.3 is 10.2 Å². The lowest BCUT2D eigenvalue weighted by Gasteiger charge is -2.40. The monoisotopic (exact) mass is 357 g/mol. The SMILES string of the molecule is CC(C)c1cccc(C(C)C)c1NC(=O)C[NH+]1CCC[C@@H]2CCCC[C@@H]21. The van der Waals surface area contributed by atoms with Crippen LogP contribution in [-0.4, -0.2) is 25.0 Å². The number of hydrogen-bond donors (Lipinski definition) is 2. The summed E-state index contributed by atoms with van der Waals surface area (Å²) in [6, 6.07) is 7.17. The summed E-state index contributed by atoms with van der Waals surface area (Å²) in [6.07, 6.45) is 8.09. The van der Waals surface area contributed by atoms with Crippen LogP contribution in [0.1, 0.15) is 89.2 Å². The zero-order valence-electron chi connectivity index (χ0n) is 17.1. The number of rotatable bonds is 5. The largest absolute Gasteiger partial charge is 0.324 e. The molecule has 0 aromatic heterocycles. The van der Waals surface area contributed by atoms with Crippen molar-refractivity contribution in [2.24, 2.45) is 5.92 Å². The van der Waals surface area contributed by atoms with Crippen LogP contribution in [0.25, 0.3) is 0 Å². The van der Waals surface area contributed by atoms with E-state index in [1.54, 1.807) is 0 Å². The lowest BCUT2D eigenvalue weighted by atomic mass is 9.78. The van der Waals surface area contributed by atoms with E-state index in [4.69, 9.17) is 0 Å². The van der Waals surface area contributed by atoms with Crippen LogP contribution in [0, 0.1) is 5.92 Å². The normalized spacial score (nSPS) is 26.0. The fourth-order valence-corrected chi connectivity index (χ4v) is 5.17. The van der Waals surface area contributed by atoms with Gasteiger partial charge in [0.05, 0.1) is 12.6 Å². The minimum atomic E-state index is 0.196. The highest BCUT2D eigenvalue weighted by Gasteiger charge is 2.37. The minimum Gasteiger partial charge on any atom is -0.324 e. The molecule has 3 heteroatoms. The molecule has 1 aliphatic heterocycles. The first-order valence-electron chi connectivity index (χ1n) is 10.7.